The van der Waals surface area contributed by atoms with E-state index in [2.05, 4.69) is 6.92 Å². The topological polar surface area (TPSA) is 40.5 Å². The van der Waals surface area contributed by atoms with Crippen LogP contribution >= 0.6 is 0 Å². The lowest BCUT2D eigenvalue weighted by atomic mass is 10.1. The molecule has 0 radical (unpaired) electrons. The molecule has 0 bridgehead atoms. The van der Waals surface area contributed by atoms with Gasteiger partial charge in [-0.05, 0) is 12.3 Å². The molecule has 0 saturated carbocycles. The van der Waals surface area contributed by atoms with E-state index in [1.807, 2.05) is 0 Å². The van der Waals surface area contributed by atoms with Gasteiger partial charge in [0.25, 0.3) is 0 Å². The molecule has 0 aromatic rings. The van der Waals surface area contributed by atoms with Crippen molar-refractivity contribution in [3.05, 3.63) is 0 Å². The predicted molar refractivity (Wildman–Crippen MR) is 42.0 cm³/mol. The molecule has 11 heavy (non-hydrogen) atoms. The minimum Gasteiger partial charge on any atom is -0.394 e. The summed E-state index contributed by atoms with van der Waals surface area (Å²) in [4.78, 5) is 12.7. The van der Waals surface area contributed by atoms with Gasteiger partial charge in [0.05, 0.1) is 12.6 Å². The van der Waals surface area contributed by atoms with Crippen LogP contribution in [0.25, 0.3) is 0 Å². The van der Waals surface area contributed by atoms with Crippen LogP contribution < -0.4 is 0 Å². The molecule has 1 aliphatic rings. The lowest BCUT2D eigenvalue weighted by Gasteiger charge is -2.20. The zero-order valence-corrected chi connectivity index (χ0v) is 7.08. The number of aliphatic hydroxyl groups is 1. The van der Waals surface area contributed by atoms with E-state index in [1.54, 1.807) is 11.8 Å². The van der Waals surface area contributed by atoms with E-state index in [0.717, 1.165) is 13.0 Å². The van der Waals surface area contributed by atoms with Gasteiger partial charge in [-0.1, -0.05) is 6.92 Å². The highest BCUT2D eigenvalue weighted by Crippen LogP contribution is 2.21. The maximum absolute atomic E-state index is 11.0. The molecule has 3 heteroatoms. The summed E-state index contributed by atoms with van der Waals surface area (Å²) in [6.45, 7) is 4.57. The number of likely N-dealkylation sites (tertiary alicyclic amines) is 1. The number of amides is 1. The third-order valence-corrected chi connectivity index (χ3v) is 2.24. The molecular weight excluding hydrogens is 142 g/mol. The Morgan fingerprint density at radius 1 is 1.73 bits per heavy atom. The van der Waals surface area contributed by atoms with Gasteiger partial charge in [-0.2, -0.15) is 0 Å². The van der Waals surface area contributed by atoms with Crippen molar-refractivity contribution in [1.82, 2.24) is 4.90 Å². The van der Waals surface area contributed by atoms with Crippen molar-refractivity contribution in [2.75, 3.05) is 13.2 Å². The smallest absolute Gasteiger partial charge is 0.219 e. The van der Waals surface area contributed by atoms with Crippen LogP contribution in [0.2, 0.25) is 0 Å². The minimum absolute atomic E-state index is 0.0718. The number of hydrogen-bond acceptors (Lipinski definition) is 2. The fraction of sp³-hybridized carbons (Fsp3) is 0.875. The van der Waals surface area contributed by atoms with Crippen LogP contribution in [-0.2, 0) is 4.79 Å². The Morgan fingerprint density at radius 3 is 2.73 bits per heavy atom. The fourth-order valence-corrected chi connectivity index (χ4v) is 1.71. The van der Waals surface area contributed by atoms with Gasteiger partial charge in [0, 0.05) is 13.5 Å². The Morgan fingerprint density at radius 2 is 2.36 bits per heavy atom. The SMILES string of the molecule is CC(=O)N1CC(C)C[C@H]1CO. The Hall–Kier alpha value is -0.570. The van der Waals surface area contributed by atoms with Gasteiger partial charge < -0.3 is 10.0 Å². The Kier molecular flexibility index (Phi) is 2.49. The summed E-state index contributed by atoms with van der Waals surface area (Å²) in [5, 5.41) is 8.91. The van der Waals surface area contributed by atoms with E-state index in [4.69, 9.17) is 5.11 Å². The average molecular weight is 157 g/mol. The molecule has 1 N–H and O–H groups in total. The normalized spacial score (nSPS) is 31.0. The zero-order valence-electron chi connectivity index (χ0n) is 7.08. The number of nitrogens with zero attached hydrogens (tertiary/aromatic N) is 1. The Balaban J connectivity index is 2.57. The van der Waals surface area contributed by atoms with Gasteiger partial charge in [-0.25, -0.2) is 0 Å². The van der Waals surface area contributed by atoms with E-state index in [-0.39, 0.29) is 18.6 Å². The molecule has 1 aliphatic heterocycles. The first kappa shape index (κ1) is 8.53. The van der Waals surface area contributed by atoms with Crippen molar-refractivity contribution >= 4 is 5.91 Å². The quantitative estimate of drug-likeness (QED) is 0.592. The Labute approximate surface area is 67.0 Å². The Bertz CT molecular complexity index is 158. The summed E-state index contributed by atoms with van der Waals surface area (Å²) < 4.78 is 0. The lowest BCUT2D eigenvalue weighted by Crippen LogP contribution is -2.35. The molecule has 1 unspecified atom stereocenters. The van der Waals surface area contributed by atoms with Crippen molar-refractivity contribution in [3.63, 3.8) is 0 Å². The molecule has 0 aliphatic carbocycles. The molecule has 64 valence electrons. The van der Waals surface area contributed by atoms with Gasteiger partial charge in [-0.15, -0.1) is 0 Å². The number of rotatable bonds is 1. The first-order valence-electron chi connectivity index (χ1n) is 4.03. The standard InChI is InChI=1S/C8H15NO2/c1-6-3-8(5-10)9(4-6)7(2)11/h6,8,10H,3-5H2,1-2H3/t6?,8-/m0/s1. The maximum atomic E-state index is 11.0. The molecular formula is C8H15NO2. The van der Waals surface area contributed by atoms with Crippen molar-refractivity contribution < 1.29 is 9.90 Å². The van der Waals surface area contributed by atoms with Crippen LogP contribution in [0.3, 0.4) is 0 Å². The number of carbonyl (C=O) groups is 1. The third kappa shape index (κ3) is 1.71. The van der Waals surface area contributed by atoms with Gasteiger partial charge in [0.2, 0.25) is 5.91 Å². The molecule has 0 spiro atoms. The summed E-state index contributed by atoms with van der Waals surface area (Å²) in [6, 6.07) is 0.0718. The second-order valence-corrected chi connectivity index (χ2v) is 3.35. The molecule has 0 aromatic carbocycles. The lowest BCUT2D eigenvalue weighted by molar-refractivity contribution is -0.130. The first-order valence-corrected chi connectivity index (χ1v) is 4.03. The molecule has 1 fully saturated rings. The van der Waals surface area contributed by atoms with Gasteiger partial charge in [-0.3, -0.25) is 4.79 Å². The number of hydrogen-bond donors (Lipinski definition) is 1. The third-order valence-electron chi connectivity index (χ3n) is 2.24. The molecule has 1 rings (SSSR count). The van der Waals surface area contributed by atoms with Crippen LogP contribution in [0.5, 0.6) is 0 Å². The van der Waals surface area contributed by atoms with Gasteiger partial charge in [0.15, 0.2) is 0 Å². The summed E-state index contributed by atoms with van der Waals surface area (Å²) in [5.74, 6) is 0.615. The van der Waals surface area contributed by atoms with Crippen LogP contribution in [-0.4, -0.2) is 35.1 Å². The van der Waals surface area contributed by atoms with Crippen molar-refractivity contribution in [2.45, 2.75) is 26.3 Å². The van der Waals surface area contributed by atoms with E-state index in [9.17, 15) is 4.79 Å². The maximum Gasteiger partial charge on any atom is 0.219 e. The largest absolute Gasteiger partial charge is 0.394 e. The van der Waals surface area contributed by atoms with Gasteiger partial charge >= 0.3 is 0 Å². The van der Waals surface area contributed by atoms with Crippen LogP contribution in [0, 0.1) is 5.92 Å². The van der Waals surface area contributed by atoms with E-state index >= 15 is 0 Å². The molecule has 1 heterocycles. The molecule has 3 nitrogen and oxygen atoms in total. The molecule has 1 saturated heterocycles. The summed E-state index contributed by atoms with van der Waals surface area (Å²) in [7, 11) is 0. The van der Waals surface area contributed by atoms with Gasteiger partial charge in [0.1, 0.15) is 0 Å². The highest BCUT2D eigenvalue weighted by molar-refractivity contribution is 5.73. The predicted octanol–water partition coefficient (Wildman–Crippen LogP) is 0.236. The second-order valence-electron chi connectivity index (χ2n) is 3.35. The summed E-state index contributed by atoms with van der Waals surface area (Å²) in [5.41, 5.74) is 0. The van der Waals surface area contributed by atoms with Crippen molar-refractivity contribution in [2.24, 2.45) is 5.92 Å². The minimum atomic E-state index is 0.0718. The summed E-state index contributed by atoms with van der Waals surface area (Å²) in [6.07, 6.45) is 0.941. The highest BCUT2D eigenvalue weighted by Gasteiger charge is 2.30. The highest BCUT2D eigenvalue weighted by atomic mass is 16.3. The second kappa shape index (κ2) is 3.22. The van der Waals surface area contributed by atoms with E-state index < -0.39 is 0 Å². The van der Waals surface area contributed by atoms with E-state index in [0.29, 0.717) is 5.92 Å². The van der Waals surface area contributed by atoms with Crippen molar-refractivity contribution in [3.8, 4) is 0 Å². The molecule has 1 amide bonds. The van der Waals surface area contributed by atoms with E-state index in [1.165, 1.54) is 0 Å². The van der Waals surface area contributed by atoms with Crippen LogP contribution in [0.1, 0.15) is 20.3 Å². The monoisotopic (exact) mass is 157 g/mol. The fourth-order valence-electron chi connectivity index (χ4n) is 1.71. The summed E-state index contributed by atoms with van der Waals surface area (Å²) >= 11 is 0. The van der Waals surface area contributed by atoms with Crippen molar-refractivity contribution in [1.29, 1.82) is 0 Å². The number of aliphatic hydroxyl groups excluding tert-OH is 1. The zero-order chi connectivity index (χ0) is 8.43. The number of carbonyl (C=O) groups excluding carboxylic acids is 1. The first-order chi connectivity index (χ1) is 5.15. The molecule has 0 aromatic heterocycles. The average Bonchev–Trinajstić information content (AvgIpc) is 2.30. The van der Waals surface area contributed by atoms with Crippen LogP contribution in [0.15, 0.2) is 0 Å². The van der Waals surface area contributed by atoms with Crippen LogP contribution in [0.4, 0.5) is 0 Å². The molecule has 2 atom stereocenters.